The van der Waals surface area contributed by atoms with Crippen LogP contribution in [-0.2, 0) is 29.5 Å². The summed E-state index contributed by atoms with van der Waals surface area (Å²) in [6.45, 7) is 3.71. The number of piperazine rings is 1. The molecule has 0 bridgehead atoms. The topological polar surface area (TPSA) is 93.2 Å². The van der Waals surface area contributed by atoms with Crippen LogP contribution < -0.4 is 0 Å². The van der Waals surface area contributed by atoms with Gasteiger partial charge in [-0.05, 0) is 38.1 Å². The third kappa shape index (κ3) is 4.43. The molecular formula is C20H26N2O6S2. The lowest BCUT2D eigenvalue weighted by molar-refractivity contribution is -0.173. The highest BCUT2D eigenvalue weighted by Crippen LogP contribution is 2.30. The minimum atomic E-state index is -3.91. The van der Waals surface area contributed by atoms with Crippen LogP contribution >= 0.6 is 0 Å². The minimum Gasteiger partial charge on any atom is -0.358 e. The van der Waals surface area contributed by atoms with Gasteiger partial charge in [-0.15, -0.1) is 0 Å². The first-order valence-corrected chi connectivity index (χ1v) is 12.6. The molecule has 2 atom stereocenters. The fourth-order valence-corrected chi connectivity index (χ4v) is 6.44. The standard InChI is InChI=1S/C20H26N2O6S2/c1-3-27-19-20(28-4-2)22(30(25,26)18-13-9-6-10-14-18)16-15-21(19)29(23,24)17-11-7-5-8-12-17/h5-14,19-20H,3-4,15-16H2,1-2H3/t19-,20-/m1/s1. The second kappa shape index (κ2) is 9.54. The number of sulfonamides is 2. The molecule has 8 nitrogen and oxygen atoms in total. The lowest BCUT2D eigenvalue weighted by Crippen LogP contribution is -2.63. The third-order valence-corrected chi connectivity index (χ3v) is 8.48. The van der Waals surface area contributed by atoms with Crippen molar-refractivity contribution in [2.45, 2.75) is 36.1 Å². The second-order valence-electron chi connectivity index (χ2n) is 6.55. The summed E-state index contributed by atoms with van der Waals surface area (Å²) < 4.78 is 66.9. The molecule has 164 valence electrons. The maximum Gasteiger partial charge on any atom is 0.245 e. The van der Waals surface area contributed by atoms with Crippen molar-refractivity contribution in [1.82, 2.24) is 8.61 Å². The van der Waals surface area contributed by atoms with E-state index in [1.807, 2.05) is 0 Å². The summed E-state index contributed by atoms with van der Waals surface area (Å²) in [7, 11) is -7.82. The van der Waals surface area contributed by atoms with Crippen LogP contribution in [0.25, 0.3) is 0 Å². The fraction of sp³-hybridized carbons (Fsp3) is 0.400. The number of hydrogen-bond acceptors (Lipinski definition) is 6. The molecule has 1 aliphatic heterocycles. The Morgan fingerprint density at radius 1 is 0.700 bits per heavy atom. The van der Waals surface area contributed by atoms with Crippen molar-refractivity contribution in [3.63, 3.8) is 0 Å². The normalized spacial score (nSPS) is 21.5. The first kappa shape index (κ1) is 22.9. The molecule has 0 N–H and O–H groups in total. The lowest BCUT2D eigenvalue weighted by Gasteiger charge is -2.44. The Morgan fingerprint density at radius 3 is 1.33 bits per heavy atom. The summed E-state index contributed by atoms with van der Waals surface area (Å²) in [4.78, 5) is 0.230. The van der Waals surface area contributed by atoms with Gasteiger partial charge in [0.2, 0.25) is 20.0 Å². The van der Waals surface area contributed by atoms with Gasteiger partial charge in [0.05, 0.1) is 9.79 Å². The van der Waals surface area contributed by atoms with Gasteiger partial charge in [-0.25, -0.2) is 16.8 Å². The minimum absolute atomic E-state index is 0.0580. The molecule has 1 heterocycles. The highest BCUT2D eigenvalue weighted by molar-refractivity contribution is 7.89. The summed E-state index contributed by atoms with van der Waals surface area (Å²) in [5.41, 5.74) is 0. The molecule has 0 saturated carbocycles. The van der Waals surface area contributed by atoms with E-state index >= 15 is 0 Å². The molecule has 2 aromatic carbocycles. The molecule has 0 spiro atoms. The number of ether oxygens (including phenoxy) is 2. The molecule has 2 aromatic rings. The van der Waals surface area contributed by atoms with Crippen LogP contribution in [0.15, 0.2) is 70.5 Å². The van der Waals surface area contributed by atoms with Gasteiger partial charge in [0, 0.05) is 26.3 Å². The van der Waals surface area contributed by atoms with Gasteiger partial charge in [0.15, 0.2) is 12.5 Å². The molecule has 0 radical (unpaired) electrons. The molecule has 1 saturated heterocycles. The first-order valence-electron chi connectivity index (χ1n) is 9.71. The van der Waals surface area contributed by atoms with Crippen molar-refractivity contribution in [3.05, 3.63) is 60.7 Å². The number of hydrogen-bond donors (Lipinski definition) is 0. The van der Waals surface area contributed by atoms with E-state index in [2.05, 4.69) is 0 Å². The zero-order valence-corrected chi connectivity index (χ0v) is 18.6. The molecule has 0 aliphatic carbocycles. The Bertz CT molecular complexity index is 944. The van der Waals surface area contributed by atoms with Crippen molar-refractivity contribution in [3.8, 4) is 0 Å². The molecule has 10 heteroatoms. The Kier molecular flexibility index (Phi) is 7.27. The number of benzene rings is 2. The zero-order chi connectivity index (χ0) is 21.8. The van der Waals surface area contributed by atoms with E-state index < -0.39 is 32.5 Å². The monoisotopic (exact) mass is 454 g/mol. The van der Waals surface area contributed by atoms with Crippen molar-refractivity contribution >= 4 is 20.0 Å². The summed E-state index contributed by atoms with van der Waals surface area (Å²) >= 11 is 0. The van der Waals surface area contributed by atoms with Gasteiger partial charge in [-0.1, -0.05) is 36.4 Å². The van der Waals surface area contributed by atoms with Crippen molar-refractivity contribution < 1.29 is 26.3 Å². The molecule has 3 rings (SSSR count). The van der Waals surface area contributed by atoms with E-state index in [4.69, 9.17) is 9.47 Å². The molecule has 0 amide bonds. The van der Waals surface area contributed by atoms with Gasteiger partial charge in [0.1, 0.15) is 0 Å². The predicted molar refractivity (Wildman–Crippen MR) is 111 cm³/mol. The fourth-order valence-electron chi connectivity index (χ4n) is 3.38. The Labute approximate surface area is 178 Å². The molecular weight excluding hydrogens is 428 g/mol. The smallest absolute Gasteiger partial charge is 0.245 e. The highest BCUT2D eigenvalue weighted by atomic mass is 32.2. The van der Waals surface area contributed by atoms with E-state index in [-0.39, 0.29) is 36.1 Å². The van der Waals surface area contributed by atoms with Gasteiger partial charge >= 0.3 is 0 Å². The molecule has 1 fully saturated rings. The van der Waals surface area contributed by atoms with E-state index in [0.29, 0.717) is 0 Å². The first-order chi connectivity index (χ1) is 14.3. The van der Waals surface area contributed by atoms with E-state index in [9.17, 15) is 16.8 Å². The van der Waals surface area contributed by atoms with Crippen LogP contribution in [0.4, 0.5) is 0 Å². The third-order valence-electron chi connectivity index (χ3n) is 4.73. The lowest BCUT2D eigenvalue weighted by atomic mass is 10.3. The predicted octanol–water partition coefficient (Wildman–Crippen LogP) is 2.11. The SMILES string of the molecule is CCO[C@@H]1[C@@H](OCC)N(S(=O)(=O)c2ccccc2)CCN1S(=O)(=O)c1ccccc1. The zero-order valence-electron chi connectivity index (χ0n) is 16.9. The highest BCUT2D eigenvalue weighted by Gasteiger charge is 2.48. The second-order valence-corrected chi connectivity index (χ2v) is 10.3. The van der Waals surface area contributed by atoms with Gasteiger partial charge < -0.3 is 9.47 Å². The van der Waals surface area contributed by atoms with E-state index in [0.717, 1.165) is 0 Å². The Morgan fingerprint density at radius 2 is 1.03 bits per heavy atom. The average molecular weight is 455 g/mol. The van der Waals surface area contributed by atoms with Gasteiger partial charge in [-0.2, -0.15) is 8.61 Å². The van der Waals surface area contributed by atoms with Crippen molar-refractivity contribution in [2.75, 3.05) is 26.3 Å². The maximum absolute atomic E-state index is 13.3. The summed E-state index contributed by atoms with van der Waals surface area (Å²) in [5, 5.41) is 0. The molecule has 0 unspecified atom stereocenters. The van der Waals surface area contributed by atoms with Crippen molar-refractivity contribution in [2.24, 2.45) is 0 Å². The summed E-state index contributed by atoms with van der Waals surface area (Å²) in [5.74, 6) is 0. The largest absolute Gasteiger partial charge is 0.358 e. The molecule has 30 heavy (non-hydrogen) atoms. The van der Waals surface area contributed by atoms with Crippen LogP contribution in [0.1, 0.15) is 13.8 Å². The molecule has 0 aromatic heterocycles. The van der Waals surface area contributed by atoms with Crippen LogP contribution in [0.5, 0.6) is 0 Å². The quantitative estimate of drug-likeness (QED) is 0.607. The van der Waals surface area contributed by atoms with Crippen LogP contribution in [-0.4, -0.2) is 64.2 Å². The van der Waals surface area contributed by atoms with Gasteiger partial charge in [0.25, 0.3) is 0 Å². The van der Waals surface area contributed by atoms with Gasteiger partial charge in [-0.3, -0.25) is 0 Å². The maximum atomic E-state index is 13.3. The number of rotatable bonds is 8. The van der Waals surface area contributed by atoms with Crippen molar-refractivity contribution in [1.29, 1.82) is 0 Å². The van der Waals surface area contributed by atoms with Crippen LogP contribution in [0.2, 0.25) is 0 Å². The Hall–Kier alpha value is -1.82. The number of nitrogens with zero attached hydrogens (tertiary/aromatic N) is 2. The molecule has 1 aliphatic rings. The summed E-state index contributed by atoms with van der Waals surface area (Å²) in [6, 6.07) is 16.0. The van der Waals surface area contributed by atoms with E-state index in [1.54, 1.807) is 50.2 Å². The average Bonchev–Trinajstić information content (AvgIpc) is 2.76. The Balaban J connectivity index is 2.02. The van der Waals surface area contributed by atoms with E-state index in [1.165, 1.54) is 32.9 Å². The van der Waals surface area contributed by atoms with Crippen LogP contribution in [0, 0.1) is 0 Å². The van der Waals surface area contributed by atoms with Crippen LogP contribution in [0.3, 0.4) is 0 Å². The summed E-state index contributed by atoms with van der Waals surface area (Å²) in [6.07, 6.45) is -2.24.